The number of methoxy groups -OCH3 is 1. The molecule has 0 fully saturated rings. The van der Waals surface area contributed by atoms with Crippen molar-refractivity contribution in [2.24, 2.45) is 0 Å². The third-order valence-corrected chi connectivity index (χ3v) is 4.04. The van der Waals surface area contributed by atoms with E-state index in [0.29, 0.717) is 12.3 Å². The molecule has 0 heterocycles. The van der Waals surface area contributed by atoms with E-state index >= 15 is 0 Å². The maximum absolute atomic E-state index is 11.8. The van der Waals surface area contributed by atoms with Gasteiger partial charge in [0.15, 0.2) is 6.61 Å². The average molecular weight is 404 g/mol. The van der Waals surface area contributed by atoms with Gasteiger partial charge in [-0.3, -0.25) is 4.79 Å². The highest BCUT2D eigenvalue weighted by molar-refractivity contribution is 9.10. The van der Waals surface area contributed by atoms with Crippen LogP contribution in [0.1, 0.15) is 11.1 Å². The van der Waals surface area contributed by atoms with Gasteiger partial charge >= 0.3 is 5.97 Å². The lowest BCUT2D eigenvalue weighted by Crippen LogP contribution is -2.28. The van der Waals surface area contributed by atoms with Gasteiger partial charge in [-0.05, 0) is 23.8 Å². The molecule has 2 rings (SSSR count). The summed E-state index contributed by atoms with van der Waals surface area (Å²) >= 11 is 3.39. The number of carbonyl (C=O) groups excluding carboxylic acids is 2. The van der Waals surface area contributed by atoms with Crippen LogP contribution in [0.5, 0.6) is 5.75 Å². The molecule has 1 amide bonds. The number of ether oxygens (including phenoxy) is 2. The zero-order valence-corrected chi connectivity index (χ0v) is 15.3. The summed E-state index contributed by atoms with van der Waals surface area (Å²) in [5.41, 5.74) is 1.69. The Kier molecular flexibility index (Phi) is 7.22. The van der Waals surface area contributed by atoms with Crippen molar-refractivity contribution in [2.75, 3.05) is 13.7 Å². The van der Waals surface area contributed by atoms with Crippen LogP contribution in [0.4, 0.5) is 0 Å². The molecule has 6 heteroatoms. The zero-order valence-electron chi connectivity index (χ0n) is 13.7. The van der Waals surface area contributed by atoms with E-state index in [0.717, 1.165) is 15.6 Å². The summed E-state index contributed by atoms with van der Waals surface area (Å²) in [5.74, 6) is -0.270. The van der Waals surface area contributed by atoms with Gasteiger partial charge in [0.1, 0.15) is 5.75 Å². The largest absolute Gasteiger partial charge is 0.496 e. The fraction of sp³-hybridized carbons (Fsp3) is 0.158. The van der Waals surface area contributed by atoms with Crippen molar-refractivity contribution in [3.05, 3.63) is 70.2 Å². The standard InChI is InChI=1S/C19H18BrNO4/c1-24-17-9-5-3-7-15(17)12-21-18(22)13-25-19(23)11-10-14-6-2-4-8-16(14)20/h2-11H,12-13H2,1H3,(H,21,22)/b11-10+. The molecular weight excluding hydrogens is 386 g/mol. The van der Waals surface area contributed by atoms with E-state index in [1.165, 1.54) is 6.08 Å². The molecule has 1 N–H and O–H groups in total. The molecule has 2 aromatic carbocycles. The first kappa shape index (κ1) is 18.7. The lowest BCUT2D eigenvalue weighted by Gasteiger charge is -2.09. The highest BCUT2D eigenvalue weighted by atomic mass is 79.9. The lowest BCUT2D eigenvalue weighted by atomic mass is 10.2. The number of hydrogen-bond donors (Lipinski definition) is 1. The number of carbonyl (C=O) groups is 2. The van der Waals surface area contributed by atoms with E-state index in [1.807, 2.05) is 48.5 Å². The van der Waals surface area contributed by atoms with E-state index in [1.54, 1.807) is 13.2 Å². The molecule has 0 unspecified atom stereocenters. The second-order valence-electron chi connectivity index (χ2n) is 5.05. The van der Waals surface area contributed by atoms with Crippen LogP contribution in [0.2, 0.25) is 0 Å². The number of nitrogens with one attached hydrogen (secondary N) is 1. The molecular formula is C19H18BrNO4. The topological polar surface area (TPSA) is 64.6 Å². The van der Waals surface area contributed by atoms with Gasteiger partial charge in [-0.1, -0.05) is 52.3 Å². The van der Waals surface area contributed by atoms with E-state index in [9.17, 15) is 9.59 Å². The minimum atomic E-state index is -0.580. The van der Waals surface area contributed by atoms with Gasteiger partial charge in [-0.25, -0.2) is 4.79 Å². The Morgan fingerprint density at radius 1 is 1.12 bits per heavy atom. The molecule has 130 valence electrons. The summed E-state index contributed by atoms with van der Waals surface area (Å²) in [6, 6.07) is 14.8. The Bertz CT molecular complexity index is 774. The molecule has 25 heavy (non-hydrogen) atoms. The van der Waals surface area contributed by atoms with E-state index in [2.05, 4.69) is 21.2 Å². The predicted molar refractivity (Wildman–Crippen MR) is 99.0 cm³/mol. The van der Waals surface area contributed by atoms with Crippen LogP contribution in [0.15, 0.2) is 59.1 Å². The molecule has 0 aromatic heterocycles. The lowest BCUT2D eigenvalue weighted by molar-refractivity contribution is -0.143. The molecule has 0 saturated carbocycles. The zero-order chi connectivity index (χ0) is 18.1. The molecule has 5 nitrogen and oxygen atoms in total. The third-order valence-electron chi connectivity index (χ3n) is 3.32. The Morgan fingerprint density at radius 2 is 1.84 bits per heavy atom. The van der Waals surface area contributed by atoms with Gasteiger partial charge < -0.3 is 14.8 Å². The van der Waals surface area contributed by atoms with Gasteiger partial charge in [0.2, 0.25) is 0 Å². The highest BCUT2D eigenvalue weighted by Gasteiger charge is 2.07. The van der Waals surface area contributed by atoms with Gasteiger partial charge in [0.05, 0.1) is 7.11 Å². The average Bonchev–Trinajstić information content (AvgIpc) is 2.64. The summed E-state index contributed by atoms with van der Waals surface area (Å²) in [5, 5.41) is 2.68. The monoisotopic (exact) mass is 403 g/mol. The van der Waals surface area contributed by atoms with Gasteiger partial charge in [-0.2, -0.15) is 0 Å². The Balaban J connectivity index is 1.78. The third kappa shape index (κ3) is 6.08. The van der Waals surface area contributed by atoms with E-state index < -0.39 is 5.97 Å². The number of para-hydroxylation sites is 1. The molecule has 0 spiro atoms. The normalized spacial score (nSPS) is 10.5. The smallest absolute Gasteiger partial charge is 0.331 e. The van der Waals surface area contributed by atoms with Crippen molar-refractivity contribution < 1.29 is 19.1 Å². The predicted octanol–water partition coefficient (Wildman–Crippen LogP) is 3.33. The van der Waals surface area contributed by atoms with Crippen molar-refractivity contribution in [3.63, 3.8) is 0 Å². The summed E-state index contributed by atoms with van der Waals surface area (Å²) in [4.78, 5) is 23.5. The molecule has 0 aliphatic carbocycles. The number of halogens is 1. The van der Waals surface area contributed by atoms with E-state index in [-0.39, 0.29) is 12.5 Å². The minimum Gasteiger partial charge on any atom is -0.496 e. The van der Waals surface area contributed by atoms with E-state index in [4.69, 9.17) is 9.47 Å². The van der Waals surface area contributed by atoms with Crippen LogP contribution >= 0.6 is 15.9 Å². The van der Waals surface area contributed by atoms with Crippen LogP contribution in [-0.2, 0) is 20.9 Å². The SMILES string of the molecule is COc1ccccc1CNC(=O)COC(=O)/C=C/c1ccccc1Br. The fourth-order valence-corrected chi connectivity index (χ4v) is 2.46. The van der Waals surface area contributed by atoms with Crippen molar-refractivity contribution in [3.8, 4) is 5.75 Å². The molecule has 2 aromatic rings. The van der Waals surface area contributed by atoms with Crippen LogP contribution in [-0.4, -0.2) is 25.6 Å². The summed E-state index contributed by atoms with van der Waals surface area (Å²) in [6.45, 7) is -0.0402. The summed E-state index contributed by atoms with van der Waals surface area (Å²) < 4.78 is 11.0. The molecule has 0 bridgehead atoms. The second kappa shape index (κ2) is 9.64. The molecule has 0 saturated heterocycles. The van der Waals surface area contributed by atoms with Crippen LogP contribution < -0.4 is 10.1 Å². The highest BCUT2D eigenvalue weighted by Crippen LogP contribution is 2.17. The number of hydrogen-bond acceptors (Lipinski definition) is 4. The maximum atomic E-state index is 11.8. The van der Waals surface area contributed by atoms with Crippen molar-refractivity contribution in [2.45, 2.75) is 6.54 Å². The van der Waals surface area contributed by atoms with Crippen LogP contribution in [0, 0.1) is 0 Å². The Labute approximate surface area is 154 Å². The quantitative estimate of drug-likeness (QED) is 0.568. The van der Waals surface area contributed by atoms with Crippen LogP contribution in [0.3, 0.4) is 0 Å². The fourth-order valence-electron chi connectivity index (χ4n) is 2.05. The molecule has 0 aliphatic rings. The van der Waals surface area contributed by atoms with Gasteiger partial charge in [0.25, 0.3) is 5.91 Å². The van der Waals surface area contributed by atoms with Crippen LogP contribution in [0.25, 0.3) is 6.08 Å². The Morgan fingerprint density at radius 3 is 2.60 bits per heavy atom. The number of esters is 1. The molecule has 0 radical (unpaired) electrons. The Hall–Kier alpha value is -2.60. The van der Waals surface area contributed by atoms with Crippen molar-refractivity contribution in [1.29, 1.82) is 0 Å². The second-order valence-corrected chi connectivity index (χ2v) is 5.91. The molecule has 0 atom stereocenters. The minimum absolute atomic E-state index is 0.299. The first-order chi connectivity index (χ1) is 12.1. The molecule has 0 aliphatic heterocycles. The van der Waals surface area contributed by atoms with Gasteiger partial charge in [0, 0.05) is 22.7 Å². The summed E-state index contributed by atoms with van der Waals surface area (Å²) in [6.07, 6.45) is 2.91. The number of benzene rings is 2. The summed E-state index contributed by atoms with van der Waals surface area (Å²) in [7, 11) is 1.57. The first-order valence-electron chi connectivity index (χ1n) is 7.58. The first-order valence-corrected chi connectivity index (χ1v) is 8.37. The van der Waals surface area contributed by atoms with Crippen molar-refractivity contribution >= 4 is 33.9 Å². The number of amides is 1. The van der Waals surface area contributed by atoms with Crippen molar-refractivity contribution in [1.82, 2.24) is 5.32 Å². The van der Waals surface area contributed by atoms with Gasteiger partial charge in [-0.15, -0.1) is 0 Å². The maximum Gasteiger partial charge on any atom is 0.331 e. The number of rotatable bonds is 7.